The smallest absolute Gasteiger partial charge is 0.129 e. The van der Waals surface area contributed by atoms with E-state index < -0.39 is 0 Å². The van der Waals surface area contributed by atoms with Crippen LogP contribution in [0.1, 0.15) is 12.5 Å². The van der Waals surface area contributed by atoms with Crippen LogP contribution < -0.4 is 4.90 Å². The van der Waals surface area contributed by atoms with E-state index in [9.17, 15) is 5.11 Å². The standard InChI is InChI=1S/C17H22ClN3O/c1-12-3-5-15(18)14-4-6-16(19-17(12)14)21-9-7-20(8-10-21)11-13(2)22/h3-6,13,22H,7-11H2,1-2H3/t13-/m1/s1. The second kappa shape index (κ2) is 6.41. The molecule has 1 atom stereocenters. The van der Waals surface area contributed by atoms with Crippen molar-refractivity contribution in [3.8, 4) is 0 Å². The first kappa shape index (κ1) is 15.5. The number of hydrogen-bond donors (Lipinski definition) is 1. The van der Waals surface area contributed by atoms with E-state index in [1.54, 1.807) is 0 Å². The van der Waals surface area contributed by atoms with Crippen LogP contribution in [0.15, 0.2) is 24.3 Å². The van der Waals surface area contributed by atoms with Gasteiger partial charge >= 0.3 is 0 Å². The number of pyridine rings is 1. The lowest BCUT2D eigenvalue weighted by Crippen LogP contribution is -2.48. The van der Waals surface area contributed by atoms with Crippen molar-refractivity contribution >= 4 is 28.3 Å². The quantitative estimate of drug-likeness (QED) is 0.944. The van der Waals surface area contributed by atoms with E-state index in [-0.39, 0.29) is 6.10 Å². The molecule has 1 aliphatic rings. The minimum Gasteiger partial charge on any atom is -0.392 e. The van der Waals surface area contributed by atoms with Crippen LogP contribution in [0.3, 0.4) is 0 Å². The zero-order valence-electron chi connectivity index (χ0n) is 13.1. The molecular formula is C17H22ClN3O. The van der Waals surface area contributed by atoms with Crippen molar-refractivity contribution in [3.63, 3.8) is 0 Å². The topological polar surface area (TPSA) is 39.6 Å². The fourth-order valence-corrected chi connectivity index (χ4v) is 3.23. The molecule has 0 unspecified atom stereocenters. The average molecular weight is 320 g/mol. The number of anilines is 1. The molecule has 0 aliphatic carbocycles. The minimum atomic E-state index is -0.268. The van der Waals surface area contributed by atoms with Crippen LogP contribution in [-0.2, 0) is 0 Å². The van der Waals surface area contributed by atoms with Gasteiger partial charge in [-0.15, -0.1) is 0 Å². The van der Waals surface area contributed by atoms with Gasteiger partial charge in [-0.25, -0.2) is 4.98 Å². The molecule has 1 saturated heterocycles. The zero-order chi connectivity index (χ0) is 15.7. The molecule has 1 aliphatic heterocycles. The number of aryl methyl sites for hydroxylation is 1. The van der Waals surface area contributed by atoms with Gasteiger partial charge in [-0.1, -0.05) is 17.7 Å². The normalized spacial score (nSPS) is 17.9. The molecule has 1 N–H and O–H groups in total. The fraction of sp³-hybridized carbons (Fsp3) is 0.471. The first-order valence-electron chi connectivity index (χ1n) is 7.76. The van der Waals surface area contributed by atoms with Gasteiger partial charge < -0.3 is 10.0 Å². The van der Waals surface area contributed by atoms with Crippen molar-refractivity contribution < 1.29 is 5.11 Å². The Kier molecular flexibility index (Phi) is 4.52. The zero-order valence-corrected chi connectivity index (χ0v) is 13.8. The number of nitrogens with zero attached hydrogens (tertiary/aromatic N) is 3. The van der Waals surface area contributed by atoms with Gasteiger partial charge in [0.2, 0.25) is 0 Å². The van der Waals surface area contributed by atoms with E-state index in [1.165, 1.54) is 0 Å². The third-order valence-electron chi connectivity index (χ3n) is 4.21. The van der Waals surface area contributed by atoms with E-state index in [2.05, 4.69) is 28.9 Å². The van der Waals surface area contributed by atoms with Gasteiger partial charge in [-0.3, -0.25) is 4.90 Å². The SMILES string of the molecule is Cc1ccc(Cl)c2ccc(N3CCN(C[C@@H](C)O)CC3)nc12. The number of piperazine rings is 1. The fourth-order valence-electron chi connectivity index (χ4n) is 3.02. The Morgan fingerprint density at radius 1 is 1.18 bits per heavy atom. The molecule has 3 rings (SSSR count). The van der Waals surface area contributed by atoms with Gasteiger partial charge in [0, 0.05) is 43.1 Å². The van der Waals surface area contributed by atoms with Crippen molar-refractivity contribution in [1.29, 1.82) is 0 Å². The predicted octanol–water partition coefficient (Wildman–Crippen LogP) is 2.70. The molecule has 2 aromatic rings. The summed E-state index contributed by atoms with van der Waals surface area (Å²) in [4.78, 5) is 9.42. The third kappa shape index (κ3) is 3.19. The summed E-state index contributed by atoms with van der Waals surface area (Å²) >= 11 is 6.25. The van der Waals surface area contributed by atoms with E-state index in [1.807, 2.05) is 19.1 Å². The second-order valence-corrected chi connectivity index (χ2v) is 6.47. The monoisotopic (exact) mass is 319 g/mol. The molecular weight excluding hydrogens is 298 g/mol. The first-order valence-corrected chi connectivity index (χ1v) is 8.13. The van der Waals surface area contributed by atoms with Crippen LogP contribution in [-0.4, -0.2) is 53.8 Å². The van der Waals surface area contributed by atoms with Crippen molar-refractivity contribution in [1.82, 2.24) is 9.88 Å². The molecule has 118 valence electrons. The number of aliphatic hydroxyl groups is 1. The highest BCUT2D eigenvalue weighted by atomic mass is 35.5. The molecule has 0 radical (unpaired) electrons. The summed E-state index contributed by atoms with van der Waals surface area (Å²) < 4.78 is 0. The van der Waals surface area contributed by atoms with Crippen LogP contribution >= 0.6 is 11.6 Å². The molecule has 5 heteroatoms. The lowest BCUT2D eigenvalue weighted by Gasteiger charge is -2.36. The Balaban J connectivity index is 1.79. The summed E-state index contributed by atoms with van der Waals surface area (Å²) in [6, 6.07) is 8.06. The summed E-state index contributed by atoms with van der Waals surface area (Å²) in [7, 11) is 0. The van der Waals surface area contributed by atoms with Gasteiger partial charge in [0.15, 0.2) is 0 Å². The minimum absolute atomic E-state index is 0.268. The van der Waals surface area contributed by atoms with Crippen molar-refractivity contribution in [2.75, 3.05) is 37.6 Å². The van der Waals surface area contributed by atoms with Gasteiger partial charge in [-0.2, -0.15) is 0 Å². The van der Waals surface area contributed by atoms with E-state index in [0.717, 1.165) is 60.0 Å². The maximum atomic E-state index is 9.48. The Morgan fingerprint density at radius 3 is 2.59 bits per heavy atom. The Bertz CT molecular complexity index is 666. The second-order valence-electron chi connectivity index (χ2n) is 6.07. The number of aliphatic hydroxyl groups excluding tert-OH is 1. The molecule has 22 heavy (non-hydrogen) atoms. The number of benzene rings is 1. The highest BCUT2D eigenvalue weighted by Crippen LogP contribution is 2.27. The lowest BCUT2D eigenvalue weighted by atomic mass is 10.1. The Labute approximate surface area is 136 Å². The Morgan fingerprint density at radius 2 is 1.91 bits per heavy atom. The van der Waals surface area contributed by atoms with Gasteiger partial charge in [-0.05, 0) is 37.6 Å². The number of fused-ring (bicyclic) bond motifs is 1. The summed E-state index contributed by atoms with van der Waals surface area (Å²) in [5, 5.41) is 11.2. The molecule has 1 aromatic carbocycles. The van der Waals surface area contributed by atoms with E-state index in [4.69, 9.17) is 16.6 Å². The lowest BCUT2D eigenvalue weighted by molar-refractivity contribution is 0.122. The summed E-state index contributed by atoms with van der Waals surface area (Å²) in [6.45, 7) is 8.43. The van der Waals surface area contributed by atoms with Crippen LogP contribution in [0, 0.1) is 6.92 Å². The summed E-state index contributed by atoms with van der Waals surface area (Å²) in [5.74, 6) is 1.01. The van der Waals surface area contributed by atoms with Crippen LogP contribution in [0.25, 0.3) is 10.9 Å². The number of β-amino-alcohol motifs (C(OH)–C–C–N with tert-alkyl or cyclic N) is 1. The first-order chi connectivity index (χ1) is 10.5. The predicted molar refractivity (Wildman–Crippen MR) is 91.8 cm³/mol. The van der Waals surface area contributed by atoms with Crippen LogP contribution in [0.2, 0.25) is 5.02 Å². The molecule has 0 spiro atoms. The van der Waals surface area contributed by atoms with E-state index >= 15 is 0 Å². The number of halogens is 1. The molecule has 4 nitrogen and oxygen atoms in total. The highest BCUT2D eigenvalue weighted by molar-refractivity contribution is 6.35. The van der Waals surface area contributed by atoms with Crippen LogP contribution in [0.4, 0.5) is 5.82 Å². The average Bonchev–Trinajstić information content (AvgIpc) is 2.51. The number of rotatable bonds is 3. The van der Waals surface area contributed by atoms with Crippen molar-refractivity contribution in [2.24, 2.45) is 0 Å². The van der Waals surface area contributed by atoms with Gasteiger partial charge in [0.05, 0.1) is 11.6 Å². The third-order valence-corrected chi connectivity index (χ3v) is 4.54. The summed E-state index contributed by atoms with van der Waals surface area (Å²) in [5.41, 5.74) is 2.13. The maximum absolute atomic E-state index is 9.48. The van der Waals surface area contributed by atoms with Crippen molar-refractivity contribution in [2.45, 2.75) is 20.0 Å². The largest absolute Gasteiger partial charge is 0.392 e. The molecule has 0 bridgehead atoms. The molecule has 1 fully saturated rings. The molecule has 2 heterocycles. The van der Waals surface area contributed by atoms with E-state index in [0.29, 0.717) is 0 Å². The van der Waals surface area contributed by atoms with Crippen LogP contribution in [0.5, 0.6) is 0 Å². The number of aromatic nitrogens is 1. The Hall–Kier alpha value is -1.36. The highest BCUT2D eigenvalue weighted by Gasteiger charge is 2.19. The van der Waals surface area contributed by atoms with Gasteiger partial charge in [0.25, 0.3) is 0 Å². The van der Waals surface area contributed by atoms with Gasteiger partial charge in [0.1, 0.15) is 5.82 Å². The molecule has 0 amide bonds. The van der Waals surface area contributed by atoms with Crippen molar-refractivity contribution in [3.05, 3.63) is 34.9 Å². The number of hydrogen-bond acceptors (Lipinski definition) is 4. The maximum Gasteiger partial charge on any atom is 0.129 e. The molecule has 1 aromatic heterocycles. The summed E-state index contributed by atoms with van der Waals surface area (Å²) in [6.07, 6.45) is -0.268. The molecule has 0 saturated carbocycles.